The fraction of sp³-hybridized carbons (Fsp3) is 0.778. The lowest BCUT2D eigenvalue weighted by molar-refractivity contribution is 0.0450. The highest BCUT2D eigenvalue weighted by Gasteiger charge is 2.23. The van der Waals surface area contributed by atoms with Crippen LogP contribution in [0.4, 0.5) is 4.79 Å². The van der Waals surface area contributed by atoms with Crippen molar-refractivity contribution >= 4 is 6.09 Å². The minimum Gasteiger partial charge on any atom is -0.444 e. The third-order valence-electron chi connectivity index (χ3n) is 1.15. The van der Waals surface area contributed by atoms with Crippen LogP contribution in [0.1, 0.15) is 27.7 Å². The van der Waals surface area contributed by atoms with Crippen molar-refractivity contribution in [3.05, 3.63) is 6.92 Å². The van der Waals surface area contributed by atoms with Gasteiger partial charge in [0.1, 0.15) is 5.60 Å². The van der Waals surface area contributed by atoms with Crippen molar-refractivity contribution in [1.82, 2.24) is 5.32 Å². The number of ether oxygens (including phenoxy) is 1. The Balaban J connectivity index is 4.03. The summed E-state index contributed by atoms with van der Waals surface area (Å²) in [4.78, 5) is 11.1. The monoisotopic (exact) mass is 188 g/mol. The van der Waals surface area contributed by atoms with Crippen molar-refractivity contribution in [3.63, 3.8) is 0 Å². The molecule has 4 heteroatoms. The Morgan fingerprint density at radius 1 is 1.46 bits per heavy atom. The Labute approximate surface area is 79.3 Å². The van der Waals surface area contributed by atoms with Gasteiger partial charge in [-0.1, -0.05) is 0 Å². The Bertz CT molecular complexity index is 182. The summed E-state index contributed by atoms with van der Waals surface area (Å²) in [5.74, 6) is 0. The van der Waals surface area contributed by atoms with E-state index in [2.05, 4.69) is 12.2 Å². The van der Waals surface area contributed by atoms with Gasteiger partial charge >= 0.3 is 6.09 Å². The SMILES string of the molecule is [CH2][C@@](C)(CO)NC(=O)OC(C)(C)C. The molecule has 1 radical (unpaired) electrons. The molecule has 1 atom stereocenters. The Morgan fingerprint density at radius 3 is 2.23 bits per heavy atom. The fourth-order valence-electron chi connectivity index (χ4n) is 0.590. The lowest BCUT2D eigenvalue weighted by Crippen LogP contribution is -2.48. The van der Waals surface area contributed by atoms with E-state index >= 15 is 0 Å². The number of aliphatic hydroxyl groups excluding tert-OH is 1. The fourth-order valence-corrected chi connectivity index (χ4v) is 0.590. The number of carbonyl (C=O) groups excluding carboxylic acids is 1. The van der Waals surface area contributed by atoms with E-state index in [4.69, 9.17) is 9.84 Å². The molecule has 4 nitrogen and oxygen atoms in total. The number of rotatable bonds is 2. The van der Waals surface area contributed by atoms with Gasteiger partial charge in [-0.2, -0.15) is 0 Å². The van der Waals surface area contributed by atoms with Gasteiger partial charge in [-0.15, -0.1) is 0 Å². The van der Waals surface area contributed by atoms with Crippen LogP contribution in [-0.4, -0.2) is 28.9 Å². The van der Waals surface area contributed by atoms with Crippen LogP contribution in [0.25, 0.3) is 0 Å². The lowest BCUT2D eigenvalue weighted by Gasteiger charge is -2.26. The van der Waals surface area contributed by atoms with E-state index in [1.807, 2.05) is 0 Å². The van der Waals surface area contributed by atoms with Crippen LogP contribution in [0, 0.1) is 6.92 Å². The highest BCUT2D eigenvalue weighted by atomic mass is 16.6. The number of aliphatic hydroxyl groups is 1. The van der Waals surface area contributed by atoms with Gasteiger partial charge in [0.15, 0.2) is 0 Å². The molecular formula is C9H18NO3. The molecule has 0 aliphatic heterocycles. The van der Waals surface area contributed by atoms with Gasteiger partial charge in [0.25, 0.3) is 0 Å². The topological polar surface area (TPSA) is 58.6 Å². The van der Waals surface area contributed by atoms with Crippen LogP contribution in [0.3, 0.4) is 0 Å². The average Bonchev–Trinajstić information content (AvgIpc) is 1.81. The van der Waals surface area contributed by atoms with E-state index in [1.165, 1.54) is 0 Å². The van der Waals surface area contributed by atoms with Crippen LogP contribution >= 0.6 is 0 Å². The number of hydrogen-bond donors (Lipinski definition) is 2. The van der Waals surface area contributed by atoms with Gasteiger partial charge in [0.2, 0.25) is 0 Å². The first-order valence-corrected chi connectivity index (χ1v) is 4.14. The van der Waals surface area contributed by atoms with Gasteiger partial charge in [-0.3, -0.25) is 0 Å². The van der Waals surface area contributed by atoms with Crippen LogP contribution < -0.4 is 5.32 Å². The standard InChI is InChI=1S/C9H18NO3/c1-8(2,3)13-7(12)10-9(4,5)6-11/h11H,4,6H2,1-3,5H3,(H,10,12)/t9-/m1/s1. The summed E-state index contributed by atoms with van der Waals surface area (Å²) in [7, 11) is 0. The molecule has 0 aliphatic carbocycles. The van der Waals surface area contributed by atoms with Crippen LogP contribution in [0.5, 0.6) is 0 Å². The Morgan fingerprint density at radius 2 is 1.92 bits per heavy atom. The first kappa shape index (κ1) is 12.2. The van der Waals surface area contributed by atoms with E-state index in [0.717, 1.165) is 0 Å². The summed E-state index contributed by atoms with van der Waals surface area (Å²) in [6.45, 7) is 10.3. The summed E-state index contributed by atoms with van der Waals surface area (Å²) >= 11 is 0. The van der Waals surface area contributed by atoms with Gasteiger partial charge in [0, 0.05) is 0 Å². The molecule has 0 saturated carbocycles. The maximum Gasteiger partial charge on any atom is 0.408 e. The molecule has 0 unspecified atom stereocenters. The third-order valence-corrected chi connectivity index (χ3v) is 1.15. The first-order valence-electron chi connectivity index (χ1n) is 4.14. The Hall–Kier alpha value is -0.770. The predicted octanol–water partition coefficient (Wildman–Crippen LogP) is 1.10. The smallest absolute Gasteiger partial charge is 0.408 e. The van der Waals surface area contributed by atoms with Gasteiger partial charge < -0.3 is 15.2 Å². The summed E-state index contributed by atoms with van der Waals surface area (Å²) in [6, 6.07) is 0. The summed E-state index contributed by atoms with van der Waals surface area (Å²) in [6.07, 6.45) is -0.570. The normalized spacial score (nSPS) is 12.5. The average molecular weight is 188 g/mol. The highest BCUT2D eigenvalue weighted by molar-refractivity contribution is 5.68. The molecule has 0 fully saturated rings. The molecule has 1 amide bonds. The minimum atomic E-state index is -0.887. The molecule has 2 N–H and O–H groups in total. The maximum absolute atomic E-state index is 11.1. The van der Waals surface area contributed by atoms with Gasteiger partial charge in [0.05, 0.1) is 12.1 Å². The van der Waals surface area contributed by atoms with Crippen molar-refractivity contribution < 1.29 is 14.6 Å². The van der Waals surface area contributed by atoms with Crippen LogP contribution in [0.2, 0.25) is 0 Å². The van der Waals surface area contributed by atoms with E-state index < -0.39 is 17.2 Å². The Kier molecular flexibility index (Phi) is 3.72. The van der Waals surface area contributed by atoms with Crippen molar-refractivity contribution in [2.45, 2.75) is 38.8 Å². The quantitative estimate of drug-likeness (QED) is 0.682. The van der Waals surface area contributed by atoms with Crippen molar-refractivity contribution in [2.75, 3.05) is 6.61 Å². The molecule has 0 aromatic rings. The zero-order chi connectivity index (χ0) is 10.7. The van der Waals surface area contributed by atoms with Crippen LogP contribution in [0.15, 0.2) is 0 Å². The molecule has 0 saturated heterocycles. The largest absolute Gasteiger partial charge is 0.444 e. The number of alkyl carbamates (subject to hydrolysis) is 1. The van der Waals surface area contributed by atoms with E-state index in [9.17, 15) is 4.79 Å². The van der Waals surface area contributed by atoms with E-state index in [-0.39, 0.29) is 6.61 Å². The van der Waals surface area contributed by atoms with E-state index in [1.54, 1.807) is 27.7 Å². The summed E-state index contributed by atoms with van der Waals surface area (Å²) in [5, 5.41) is 11.2. The second-order valence-electron chi connectivity index (χ2n) is 4.35. The maximum atomic E-state index is 11.1. The van der Waals surface area contributed by atoms with Crippen molar-refractivity contribution in [1.29, 1.82) is 0 Å². The summed E-state index contributed by atoms with van der Waals surface area (Å²) < 4.78 is 4.97. The predicted molar refractivity (Wildman–Crippen MR) is 50.2 cm³/mol. The molecule has 0 bridgehead atoms. The minimum absolute atomic E-state index is 0.230. The van der Waals surface area contributed by atoms with E-state index in [0.29, 0.717) is 0 Å². The van der Waals surface area contributed by atoms with Crippen molar-refractivity contribution in [2.24, 2.45) is 0 Å². The number of carbonyl (C=O) groups is 1. The molecule has 0 aromatic heterocycles. The van der Waals surface area contributed by atoms with Gasteiger partial charge in [-0.25, -0.2) is 4.79 Å². The zero-order valence-corrected chi connectivity index (χ0v) is 8.68. The number of nitrogens with one attached hydrogen (secondary N) is 1. The highest BCUT2D eigenvalue weighted by Crippen LogP contribution is 2.08. The second kappa shape index (κ2) is 3.96. The first-order chi connectivity index (χ1) is 5.66. The molecule has 0 spiro atoms. The molecular weight excluding hydrogens is 170 g/mol. The number of hydrogen-bond acceptors (Lipinski definition) is 3. The van der Waals surface area contributed by atoms with Crippen LogP contribution in [-0.2, 0) is 4.74 Å². The van der Waals surface area contributed by atoms with Crippen molar-refractivity contribution in [3.8, 4) is 0 Å². The zero-order valence-electron chi connectivity index (χ0n) is 8.68. The molecule has 13 heavy (non-hydrogen) atoms. The molecule has 0 aromatic carbocycles. The summed E-state index contributed by atoms with van der Waals surface area (Å²) in [5.41, 5.74) is -1.42. The molecule has 0 aliphatic rings. The van der Waals surface area contributed by atoms with Gasteiger partial charge in [-0.05, 0) is 34.6 Å². The third kappa shape index (κ3) is 6.40. The molecule has 0 heterocycles. The lowest BCUT2D eigenvalue weighted by atomic mass is 10.1. The molecule has 0 rings (SSSR count). The second-order valence-corrected chi connectivity index (χ2v) is 4.35. The molecule has 77 valence electrons. The number of amides is 1.